The highest BCUT2D eigenvalue weighted by molar-refractivity contribution is 5.97. The van der Waals surface area contributed by atoms with Crippen LogP contribution in [0, 0.1) is 0 Å². The Balaban J connectivity index is 1.96. The van der Waals surface area contributed by atoms with Crippen LogP contribution in [0.15, 0.2) is 48.5 Å². The molecule has 1 heterocycles. The highest BCUT2D eigenvalue weighted by Crippen LogP contribution is 2.33. The van der Waals surface area contributed by atoms with Gasteiger partial charge in [0.2, 0.25) is 0 Å². The minimum absolute atomic E-state index is 0.0319. The van der Waals surface area contributed by atoms with Crippen molar-refractivity contribution < 1.29 is 9.53 Å². The standard InChI is InChI=1S/C16H16N2O2/c17-9-13-6-7-15-14(8-13)18(16(19)11-20-15)10-12-4-2-1-3-5-12/h1-8H,9-11,17H2. The molecule has 1 aliphatic heterocycles. The highest BCUT2D eigenvalue weighted by Gasteiger charge is 2.25. The molecule has 1 amide bonds. The van der Waals surface area contributed by atoms with E-state index < -0.39 is 0 Å². The zero-order chi connectivity index (χ0) is 13.9. The summed E-state index contributed by atoms with van der Waals surface area (Å²) in [6.45, 7) is 1.08. The number of amides is 1. The van der Waals surface area contributed by atoms with Crippen LogP contribution in [0.1, 0.15) is 11.1 Å². The first-order chi connectivity index (χ1) is 9.78. The first-order valence-corrected chi connectivity index (χ1v) is 6.58. The van der Waals surface area contributed by atoms with Crippen molar-refractivity contribution in [1.82, 2.24) is 0 Å². The monoisotopic (exact) mass is 268 g/mol. The molecule has 20 heavy (non-hydrogen) atoms. The van der Waals surface area contributed by atoms with Crippen LogP contribution in [-0.4, -0.2) is 12.5 Å². The predicted molar refractivity (Wildman–Crippen MR) is 77.5 cm³/mol. The summed E-state index contributed by atoms with van der Waals surface area (Å²) in [6, 6.07) is 15.6. The molecule has 3 rings (SSSR count). The summed E-state index contributed by atoms with van der Waals surface area (Å²) in [5.74, 6) is 0.702. The lowest BCUT2D eigenvalue weighted by Crippen LogP contribution is -2.38. The number of nitrogens with zero attached hydrogens (tertiary/aromatic N) is 1. The quantitative estimate of drug-likeness (QED) is 0.927. The molecule has 4 heteroatoms. The van der Waals surface area contributed by atoms with Crippen molar-refractivity contribution in [3.63, 3.8) is 0 Å². The number of anilines is 1. The Morgan fingerprint density at radius 1 is 1.10 bits per heavy atom. The maximum absolute atomic E-state index is 12.1. The van der Waals surface area contributed by atoms with Gasteiger partial charge in [-0.2, -0.15) is 0 Å². The third-order valence-corrected chi connectivity index (χ3v) is 3.39. The van der Waals surface area contributed by atoms with Crippen molar-refractivity contribution in [2.75, 3.05) is 11.5 Å². The van der Waals surface area contributed by atoms with Gasteiger partial charge in [0.25, 0.3) is 5.91 Å². The van der Waals surface area contributed by atoms with Gasteiger partial charge in [-0.05, 0) is 23.3 Å². The van der Waals surface area contributed by atoms with Gasteiger partial charge in [0.05, 0.1) is 12.2 Å². The molecule has 0 atom stereocenters. The second-order valence-electron chi connectivity index (χ2n) is 4.76. The van der Waals surface area contributed by atoms with Crippen LogP contribution in [0.3, 0.4) is 0 Å². The predicted octanol–water partition coefficient (Wildman–Crippen LogP) is 2.07. The van der Waals surface area contributed by atoms with Crippen LogP contribution < -0.4 is 15.4 Å². The second-order valence-corrected chi connectivity index (χ2v) is 4.76. The lowest BCUT2D eigenvalue weighted by atomic mass is 10.1. The lowest BCUT2D eigenvalue weighted by Gasteiger charge is -2.30. The van der Waals surface area contributed by atoms with Gasteiger partial charge in [-0.3, -0.25) is 4.79 Å². The average Bonchev–Trinajstić information content (AvgIpc) is 2.51. The number of carbonyl (C=O) groups is 1. The van der Waals surface area contributed by atoms with E-state index in [2.05, 4.69) is 0 Å². The Labute approximate surface area is 117 Å². The van der Waals surface area contributed by atoms with Crippen molar-refractivity contribution in [1.29, 1.82) is 0 Å². The molecule has 2 N–H and O–H groups in total. The largest absolute Gasteiger partial charge is 0.482 e. The van der Waals surface area contributed by atoms with E-state index in [1.807, 2.05) is 48.5 Å². The molecule has 0 bridgehead atoms. The molecule has 0 radical (unpaired) electrons. The van der Waals surface area contributed by atoms with Gasteiger partial charge >= 0.3 is 0 Å². The molecule has 0 spiro atoms. The van der Waals surface area contributed by atoms with Crippen molar-refractivity contribution in [3.8, 4) is 5.75 Å². The van der Waals surface area contributed by atoms with Gasteiger partial charge in [-0.25, -0.2) is 0 Å². The van der Waals surface area contributed by atoms with E-state index in [1.165, 1.54) is 0 Å². The molecule has 0 aromatic heterocycles. The van der Waals surface area contributed by atoms with Crippen molar-refractivity contribution in [3.05, 3.63) is 59.7 Å². The number of ether oxygens (including phenoxy) is 1. The van der Waals surface area contributed by atoms with E-state index in [1.54, 1.807) is 4.90 Å². The highest BCUT2D eigenvalue weighted by atomic mass is 16.5. The van der Waals surface area contributed by atoms with E-state index in [0.29, 0.717) is 13.1 Å². The summed E-state index contributed by atoms with van der Waals surface area (Å²) in [4.78, 5) is 13.9. The maximum Gasteiger partial charge on any atom is 0.265 e. The average molecular weight is 268 g/mol. The first kappa shape index (κ1) is 12.7. The second kappa shape index (κ2) is 5.35. The fraction of sp³-hybridized carbons (Fsp3) is 0.188. The smallest absolute Gasteiger partial charge is 0.265 e. The number of hydrogen-bond donors (Lipinski definition) is 1. The molecule has 1 aliphatic rings. The van der Waals surface area contributed by atoms with Gasteiger partial charge in [0.15, 0.2) is 6.61 Å². The Bertz CT molecular complexity index is 626. The lowest BCUT2D eigenvalue weighted by molar-refractivity contribution is -0.121. The molecule has 4 nitrogen and oxygen atoms in total. The van der Waals surface area contributed by atoms with Crippen LogP contribution in [-0.2, 0) is 17.9 Å². The fourth-order valence-corrected chi connectivity index (χ4v) is 2.31. The Morgan fingerprint density at radius 3 is 2.65 bits per heavy atom. The third kappa shape index (κ3) is 2.38. The van der Waals surface area contributed by atoms with E-state index >= 15 is 0 Å². The summed E-state index contributed by atoms with van der Waals surface area (Å²) in [7, 11) is 0. The van der Waals surface area contributed by atoms with E-state index in [-0.39, 0.29) is 12.5 Å². The van der Waals surface area contributed by atoms with Crippen LogP contribution in [0.4, 0.5) is 5.69 Å². The SMILES string of the molecule is NCc1ccc2c(c1)N(Cc1ccccc1)C(=O)CO2. The summed E-state index contributed by atoms with van der Waals surface area (Å²) < 4.78 is 5.47. The molecule has 102 valence electrons. The minimum atomic E-state index is -0.0319. The summed E-state index contributed by atoms with van der Waals surface area (Å²) in [5, 5.41) is 0. The Kier molecular flexibility index (Phi) is 3.39. The third-order valence-electron chi connectivity index (χ3n) is 3.39. The number of hydrogen-bond acceptors (Lipinski definition) is 3. The number of benzene rings is 2. The van der Waals surface area contributed by atoms with Gasteiger partial charge < -0.3 is 15.4 Å². The molecular weight excluding hydrogens is 252 g/mol. The zero-order valence-corrected chi connectivity index (χ0v) is 11.1. The van der Waals surface area contributed by atoms with E-state index in [4.69, 9.17) is 10.5 Å². The number of nitrogens with two attached hydrogens (primary N) is 1. The van der Waals surface area contributed by atoms with Gasteiger partial charge in [-0.1, -0.05) is 36.4 Å². The minimum Gasteiger partial charge on any atom is -0.482 e. The molecule has 0 unspecified atom stereocenters. The Hall–Kier alpha value is -2.33. The molecule has 0 saturated heterocycles. The molecule has 2 aromatic carbocycles. The van der Waals surface area contributed by atoms with Crippen molar-refractivity contribution in [2.24, 2.45) is 5.73 Å². The van der Waals surface area contributed by atoms with E-state index in [0.717, 1.165) is 22.6 Å². The first-order valence-electron chi connectivity index (χ1n) is 6.58. The van der Waals surface area contributed by atoms with E-state index in [9.17, 15) is 4.79 Å². The normalized spacial score (nSPS) is 13.8. The molecular formula is C16H16N2O2. The number of rotatable bonds is 3. The summed E-state index contributed by atoms with van der Waals surface area (Å²) >= 11 is 0. The zero-order valence-electron chi connectivity index (χ0n) is 11.1. The van der Waals surface area contributed by atoms with Crippen LogP contribution in [0.2, 0.25) is 0 Å². The molecule has 0 aliphatic carbocycles. The van der Waals surface area contributed by atoms with Crippen LogP contribution in [0.5, 0.6) is 5.75 Å². The van der Waals surface area contributed by atoms with Gasteiger partial charge in [-0.15, -0.1) is 0 Å². The fourth-order valence-electron chi connectivity index (χ4n) is 2.31. The van der Waals surface area contributed by atoms with Crippen molar-refractivity contribution >= 4 is 11.6 Å². The number of fused-ring (bicyclic) bond motifs is 1. The number of carbonyl (C=O) groups excluding carboxylic acids is 1. The topological polar surface area (TPSA) is 55.6 Å². The van der Waals surface area contributed by atoms with Gasteiger partial charge in [0, 0.05) is 6.54 Å². The maximum atomic E-state index is 12.1. The summed E-state index contributed by atoms with van der Waals surface area (Å²) in [6.07, 6.45) is 0. The van der Waals surface area contributed by atoms with Gasteiger partial charge in [0.1, 0.15) is 5.75 Å². The molecule has 0 saturated carbocycles. The Morgan fingerprint density at radius 2 is 1.90 bits per heavy atom. The molecule has 2 aromatic rings. The van der Waals surface area contributed by atoms with Crippen LogP contribution in [0.25, 0.3) is 0 Å². The molecule has 0 fully saturated rings. The van der Waals surface area contributed by atoms with Crippen molar-refractivity contribution in [2.45, 2.75) is 13.1 Å². The van der Waals surface area contributed by atoms with Crippen LogP contribution >= 0.6 is 0 Å². The summed E-state index contributed by atoms with van der Waals surface area (Å²) in [5.41, 5.74) is 8.55.